The molecule has 0 spiro atoms. The standard InChI is InChI=1S/C35H36ClN7O3/c1-42(2)25-7-9-26-28(17-32(44)46-31(26)16-25)35(45)38-18-24-19-43(41-40-24)10-4-3-5-20-11-21-13-22(12-20)33-30(14-21)39-29-15-23(36)6-8-27(29)34(33)37/h6-9,11,15-17,19,21-22H,3-5,10,12-14,18H2,1-2H3,(H2,37,39)(H,38,45). The third-order valence-electron chi connectivity index (χ3n) is 9.18. The molecule has 3 heterocycles. The molecule has 2 bridgehead atoms. The number of pyridine rings is 1. The van der Waals surface area contributed by atoms with Gasteiger partial charge in [0.2, 0.25) is 0 Å². The SMILES string of the molecule is CN(C)c1ccc2c(C(=O)NCc3cn(CCCCC4=CC5Cc6nc7cc(Cl)ccc7c(N)c6C(C4)C5)nn3)cc(=O)oc2c1. The fourth-order valence-corrected chi connectivity index (χ4v) is 7.18. The number of carbonyl (C=O) groups excluding carboxylic acids is 1. The summed E-state index contributed by atoms with van der Waals surface area (Å²) < 4.78 is 7.17. The van der Waals surface area contributed by atoms with Crippen molar-refractivity contribution in [3.63, 3.8) is 0 Å². The van der Waals surface area contributed by atoms with Crippen molar-refractivity contribution in [2.75, 3.05) is 24.7 Å². The van der Waals surface area contributed by atoms with Gasteiger partial charge in [-0.1, -0.05) is 28.5 Å². The number of nitrogens with one attached hydrogen (secondary N) is 1. The smallest absolute Gasteiger partial charge is 0.337 e. The maximum Gasteiger partial charge on any atom is 0.337 e. The zero-order chi connectivity index (χ0) is 31.9. The van der Waals surface area contributed by atoms with E-state index in [1.54, 1.807) is 12.1 Å². The Labute approximate surface area is 271 Å². The predicted molar refractivity (Wildman–Crippen MR) is 180 cm³/mol. The van der Waals surface area contributed by atoms with Crippen LogP contribution in [0.1, 0.15) is 65.3 Å². The van der Waals surface area contributed by atoms with Crippen LogP contribution in [0.2, 0.25) is 5.02 Å². The number of fused-ring (bicyclic) bond motifs is 6. The zero-order valence-corrected chi connectivity index (χ0v) is 26.7. The summed E-state index contributed by atoms with van der Waals surface area (Å²) >= 11 is 6.22. The lowest BCUT2D eigenvalue weighted by atomic mass is 9.70. The van der Waals surface area contributed by atoms with Gasteiger partial charge in [-0.2, -0.15) is 0 Å². The second-order valence-electron chi connectivity index (χ2n) is 12.6. The molecule has 3 aromatic heterocycles. The van der Waals surface area contributed by atoms with Crippen molar-refractivity contribution in [3.05, 3.63) is 98.3 Å². The van der Waals surface area contributed by atoms with Gasteiger partial charge in [0.05, 0.1) is 23.8 Å². The average Bonchev–Trinajstić information content (AvgIpc) is 3.48. The Morgan fingerprint density at radius 3 is 2.83 bits per heavy atom. The maximum atomic E-state index is 13.0. The predicted octanol–water partition coefficient (Wildman–Crippen LogP) is 6.01. The number of nitrogen functional groups attached to an aromatic ring is 1. The van der Waals surface area contributed by atoms with Gasteiger partial charge in [0.15, 0.2) is 0 Å². The van der Waals surface area contributed by atoms with Crippen molar-refractivity contribution in [2.45, 2.75) is 57.5 Å². The number of carbonyl (C=O) groups is 1. The highest BCUT2D eigenvalue weighted by atomic mass is 35.5. The topological polar surface area (TPSA) is 132 Å². The number of nitrogens with two attached hydrogens (primary N) is 1. The third-order valence-corrected chi connectivity index (χ3v) is 9.41. The second kappa shape index (κ2) is 12.2. The van der Waals surface area contributed by atoms with Crippen LogP contribution < -0.4 is 21.6 Å². The largest absolute Gasteiger partial charge is 0.423 e. The Morgan fingerprint density at radius 2 is 1.98 bits per heavy atom. The molecule has 0 radical (unpaired) electrons. The van der Waals surface area contributed by atoms with Crippen LogP contribution in [0.15, 0.2) is 69.5 Å². The van der Waals surface area contributed by atoms with Crippen LogP contribution in [0.4, 0.5) is 11.4 Å². The van der Waals surface area contributed by atoms with E-state index in [1.165, 1.54) is 17.2 Å². The van der Waals surface area contributed by atoms with Crippen LogP contribution >= 0.6 is 11.6 Å². The normalized spacial score (nSPS) is 17.2. The van der Waals surface area contributed by atoms with Crippen LogP contribution in [0.3, 0.4) is 0 Å². The van der Waals surface area contributed by atoms with E-state index >= 15 is 0 Å². The first-order valence-electron chi connectivity index (χ1n) is 15.7. The highest BCUT2D eigenvalue weighted by molar-refractivity contribution is 6.31. The van der Waals surface area contributed by atoms with Gasteiger partial charge in [-0.25, -0.2) is 4.79 Å². The minimum Gasteiger partial charge on any atom is -0.423 e. The molecule has 3 N–H and O–H groups in total. The minimum absolute atomic E-state index is 0.202. The number of hydrogen-bond donors (Lipinski definition) is 2. The molecule has 10 nitrogen and oxygen atoms in total. The van der Waals surface area contributed by atoms with E-state index in [-0.39, 0.29) is 18.0 Å². The number of aromatic nitrogens is 4. The Morgan fingerprint density at radius 1 is 1.13 bits per heavy atom. The molecular formula is C35H36ClN7O3. The van der Waals surface area contributed by atoms with Crippen LogP contribution in [0, 0.1) is 5.92 Å². The molecule has 5 aromatic rings. The molecule has 11 heteroatoms. The first-order chi connectivity index (χ1) is 22.2. The van der Waals surface area contributed by atoms with Crippen LogP contribution in [0.25, 0.3) is 21.9 Å². The van der Waals surface area contributed by atoms with Gasteiger partial charge in [0.25, 0.3) is 5.91 Å². The molecule has 236 valence electrons. The molecule has 2 aromatic carbocycles. The molecule has 46 heavy (non-hydrogen) atoms. The van der Waals surface area contributed by atoms with Crippen LogP contribution in [-0.4, -0.2) is 40.0 Å². The van der Waals surface area contributed by atoms with Crippen LogP contribution in [-0.2, 0) is 19.5 Å². The molecule has 0 aliphatic heterocycles. The molecule has 0 saturated carbocycles. The molecule has 0 saturated heterocycles. The number of halogens is 1. The summed E-state index contributed by atoms with van der Waals surface area (Å²) in [6.45, 7) is 0.946. The summed E-state index contributed by atoms with van der Waals surface area (Å²) in [5.41, 5.74) is 13.9. The third kappa shape index (κ3) is 5.97. The van der Waals surface area contributed by atoms with E-state index < -0.39 is 5.63 Å². The lowest BCUT2D eigenvalue weighted by Gasteiger charge is -2.36. The Balaban J connectivity index is 0.922. The molecule has 2 aliphatic carbocycles. The number of allylic oxidation sites excluding steroid dienone is 2. The number of amides is 1. The first kappa shape index (κ1) is 30.0. The van der Waals surface area contributed by atoms with E-state index in [4.69, 9.17) is 26.7 Å². The van der Waals surface area contributed by atoms with Gasteiger partial charge in [-0.3, -0.25) is 14.5 Å². The number of unbranched alkanes of at least 4 members (excludes halogenated alkanes) is 1. The molecular weight excluding hydrogens is 602 g/mol. The van der Waals surface area contributed by atoms with Gasteiger partial charge in [-0.15, -0.1) is 5.10 Å². The average molecular weight is 638 g/mol. The quantitative estimate of drug-likeness (QED) is 0.114. The van der Waals surface area contributed by atoms with Crippen molar-refractivity contribution >= 4 is 50.8 Å². The lowest BCUT2D eigenvalue weighted by Crippen LogP contribution is -2.24. The van der Waals surface area contributed by atoms with E-state index in [1.807, 2.05) is 54.1 Å². The summed E-state index contributed by atoms with van der Waals surface area (Å²) in [6.07, 6.45) is 10.5. The van der Waals surface area contributed by atoms with Gasteiger partial charge in [0.1, 0.15) is 11.3 Å². The Hall–Kier alpha value is -4.70. The van der Waals surface area contributed by atoms with Gasteiger partial charge >= 0.3 is 5.63 Å². The van der Waals surface area contributed by atoms with Gasteiger partial charge in [-0.05, 0) is 80.7 Å². The van der Waals surface area contributed by atoms with E-state index in [0.717, 1.165) is 73.0 Å². The van der Waals surface area contributed by atoms with E-state index in [2.05, 4.69) is 21.7 Å². The Kier molecular flexibility index (Phi) is 7.98. The monoisotopic (exact) mass is 637 g/mol. The van der Waals surface area contributed by atoms with Crippen molar-refractivity contribution in [2.24, 2.45) is 5.92 Å². The zero-order valence-electron chi connectivity index (χ0n) is 25.9. The fraction of sp³-hybridized carbons (Fsp3) is 0.343. The maximum absolute atomic E-state index is 13.0. The molecule has 2 atom stereocenters. The molecule has 7 rings (SSSR count). The van der Waals surface area contributed by atoms with Crippen molar-refractivity contribution in [3.8, 4) is 0 Å². The van der Waals surface area contributed by atoms with E-state index in [9.17, 15) is 9.59 Å². The summed E-state index contributed by atoms with van der Waals surface area (Å²) in [7, 11) is 3.79. The summed E-state index contributed by atoms with van der Waals surface area (Å²) in [6, 6.07) is 12.4. The minimum atomic E-state index is -0.572. The van der Waals surface area contributed by atoms with Crippen LogP contribution in [0.5, 0.6) is 0 Å². The molecule has 1 amide bonds. The summed E-state index contributed by atoms with van der Waals surface area (Å²) in [5.74, 6) is 0.540. The second-order valence-corrected chi connectivity index (χ2v) is 13.1. The summed E-state index contributed by atoms with van der Waals surface area (Å²) in [4.78, 5) is 32.1. The number of anilines is 2. The van der Waals surface area contributed by atoms with E-state index in [0.29, 0.717) is 33.5 Å². The number of hydrogen-bond acceptors (Lipinski definition) is 8. The van der Waals surface area contributed by atoms with Crippen molar-refractivity contribution in [1.29, 1.82) is 0 Å². The molecule has 0 fully saturated rings. The number of nitrogens with zero attached hydrogens (tertiary/aromatic N) is 5. The lowest BCUT2D eigenvalue weighted by molar-refractivity contribution is 0.0951. The molecule has 2 unspecified atom stereocenters. The van der Waals surface area contributed by atoms with Crippen molar-refractivity contribution < 1.29 is 9.21 Å². The van der Waals surface area contributed by atoms with Crippen molar-refractivity contribution in [1.82, 2.24) is 25.3 Å². The highest BCUT2D eigenvalue weighted by Gasteiger charge is 2.33. The molecule has 2 aliphatic rings. The van der Waals surface area contributed by atoms with Gasteiger partial charge < -0.3 is 20.4 Å². The Bertz CT molecular complexity index is 2070. The number of benzene rings is 2. The fourth-order valence-electron chi connectivity index (χ4n) is 7.01. The van der Waals surface area contributed by atoms with Gasteiger partial charge in [0, 0.05) is 71.2 Å². The number of rotatable bonds is 9. The number of aryl methyl sites for hydroxylation is 1. The highest BCUT2D eigenvalue weighted by Crippen LogP contribution is 2.47. The summed E-state index contributed by atoms with van der Waals surface area (Å²) in [5, 5.41) is 13.6. The first-order valence-corrected chi connectivity index (χ1v) is 16.1.